The van der Waals surface area contributed by atoms with E-state index in [1.807, 2.05) is 6.07 Å². The Balaban J connectivity index is 1.41. The number of nitrogens with one attached hydrogen (secondary N) is 1. The minimum absolute atomic E-state index is 0.0355. The molecular weight excluding hydrogens is 477 g/mol. The predicted octanol–water partition coefficient (Wildman–Crippen LogP) is 3.67. The van der Waals surface area contributed by atoms with Gasteiger partial charge in [0.2, 0.25) is 5.88 Å². The minimum Gasteiger partial charge on any atom is -0.475 e. The summed E-state index contributed by atoms with van der Waals surface area (Å²) in [6.45, 7) is 4.25. The second kappa shape index (κ2) is 9.44. The van der Waals surface area contributed by atoms with Crippen molar-refractivity contribution >= 4 is 17.5 Å². The van der Waals surface area contributed by atoms with Crippen LogP contribution in [0.2, 0.25) is 0 Å². The van der Waals surface area contributed by atoms with Crippen molar-refractivity contribution in [3.63, 3.8) is 0 Å². The van der Waals surface area contributed by atoms with Crippen molar-refractivity contribution in [1.29, 1.82) is 0 Å². The predicted molar refractivity (Wildman–Crippen MR) is 127 cm³/mol. The molecule has 2 aliphatic heterocycles. The van der Waals surface area contributed by atoms with E-state index < -0.39 is 23.2 Å². The number of pyridine rings is 1. The Kier molecular flexibility index (Phi) is 6.46. The Hall–Kier alpha value is -3.05. The lowest BCUT2D eigenvalue weighted by atomic mass is 10.00. The number of aliphatic hydroxyl groups is 1. The number of rotatable bonds is 6. The van der Waals surface area contributed by atoms with Gasteiger partial charge in [0.05, 0.1) is 30.9 Å². The number of anilines is 2. The Morgan fingerprint density at radius 2 is 1.97 bits per heavy atom. The van der Waals surface area contributed by atoms with Crippen LogP contribution in [-0.2, 0) is 4.74 Å². The molecule has 2 saturated heterocycles. The number of halogens is 3. The first-order valence-electron chi connectivity index (χ1n) is 12.0. The number of aliphatic hydroxyl groups excluding tert-OH is 1. The average Bonchev–Trinajstić information content (AvgIpc) is 3.16. The first-order valence-corrected chi connectivity index (χ1v) is 12.0. The maximum Gasteiger partial charge on any atom is 0.321 e. The summed E-state index contributed by atoms with van der Waals surface area (Å²) in [5, 5.41) is 11.7. The van der Waals surface area contributed by atoms with Crippen molar-refractivity contribution in [2.45, 2.75) is 25.7 Å². The van der Waals surface area contributed by atoms with Gasteiger partial charge in [-0.25, -0.2) is 18.0 Å². The van der Waals surface area contributed by atoms with Crippen LogP contribution in [0.25, 0.3) is 11.1 Å². The molecule has 1 saturated carbocycles. The van der Waals surface area contributed by atoms with E-state index in [0.29, 0.717) is 54.7 Å². The maximum atomic E-state index is 14.9. The van der Waals surface area contributed by atoms with E-state index in [0.717, 1.165) is 0 Å². The van der Waals surface area contributed by atoms with Gasteiger partial charge in [-0.05, 0) is 48.2 Å². The number of amides is 2. The zero-order chi connectivity index (χ0) is 25.5. The zero-order valence-corrected chi connectivity index (χ0v) is 20.0. The highest BCUT2D eigenvalue weighted by molar-refractivity contribution is 5.91. The topological polar surface area (TPSA) is 87.2 Å². The Labute approximate surface area is 207 Å². The fraction of sp³-hybridized carbons (Fsp3) is 0.520. The molecule has 1 aromatic heterocycles. The number of aromatic nitrogens is 1. The molecule has 3 heterocycles. The molecule has 5 rings (SSSR count). The van der Waals surface area contributed by atoms with Crippen LogP contribution in [0.3, 0.4) is 0 Å². The van der Waals surface area contributed by atoms with Gasteiger partial charge in [0, 0.05) is 38.7 Å². The van der Waals surface area contributed by atoms with E-state index in [9.17, 15) is 23.1 Å². The fourth-order valence-corrected chi connectivity index (χ4v) is 4.97. The first-order chi connectivity index (χ1) is 17.2. The van der Waals surface area contributed by atoms with Crippen molar-refractivity contribution < 1.29 is 32.5 Å². The van der Waals surface area contributed by atoms with Gasteiger partial charge in [0.1, 0.15) is 18.2 Å². The molecule has 3 fully saturated rings. The molecule has 0 bridgehead atoms. The second-order valence-electron chi connectivity index (χ2n) is 9.63. The van der Waals surface area contributed by atoms with Crippen molar-refractivity contribution in [3.8, 4) is 17.0 Å². The number of benzene rings is 1. The summed E-state index contributed by atoms with van der Waals surface area (Å²) >= 11 is 0. The van der Waals surface area contributed by atoms with Crippen LogP contribution in [-0.4, -0.2) is 79.6 Å². The number of carbonyl (C=O) groups is 1. The number of likely N-dealkylation sites (tertiary alicyclic amines) is 1. The highest BCUT2D eigenvalue weighted by atomic mass is 19.3. The highest BCUT2D eigenvalue weighted by Gasteiger charge is 2.73. The van der Waals surface area contributed by atoms with E-state index >= 15 is 0 Å². The number of ether oxygens (including phenoxy) is 2. The first kappa shape index (κ1) is 24.6. The zero-order valence-electron chi connectivity index (χ0n) is 20.0. The molecule has 3 aliphatic rings. The number of hydrogen-bond acceptors (Lipinski definition) is 6. The SMILES string of the molecule is Cc1cc(F)c(NC(=O)N2CC[C@]3(C2)CC3(F)F)cc1-c1cc(OCCO)nc(N2CCOCC2)c1. The van der Waals surface area contributed by atoms with Crippen LogP contribution >= 0.6 is 0 Å². The molecule has 2 amide bonds. The van der Waals surface area contributed by atoms with Crippen LogP contribution < -0.4 is 15.0 Å². The number of nitrogens with zero attached hydrogens (tertiary/aromatic N) is 3. The number of alkyl halides is 2. The Morgan fingerprint density at radius 3 is 2.64 bits per heavy atom. The molecule has 8 nitrogen and oxygen atoms in total. The molecule has 1 aliphatic carbocycles. The van der Waals surface area contributed by atoms with E-state index in [1.165, 1.54) is 17.0 Å². The highest BCUT2D eigenvalue weighted by Crippen LogP contribution is 2.65. The van der Waals surface area contributed by atoms with Crippen LogP contribution in [0, 0.1) is 18.2 Å². The van der Waals surface area contributed by atoms with Gasteiger partial charge >= 0.3 is 6.03 Å². The summed E-state index contributed by atoms with van der Waals surface area (Å²) in [7, 11) is 0. The number of morpholine rings is 1. The lowest BCUT2D eigenvalue weighted by molar-refractivity contribution is 0.0678. The molecule has 1 spiro atoms. The summed E-state index contributed by atoms with van der Waals surface area (Å²) in [5.41, 5.74) is 0.829. The monoisotopic (exact) mass is 506 g/mol. The van der Waals surface area contributed by atoms with Crippen LogP contribution in [0.15, 0.2) is 24.3 Å². The van der Waals surface area contributed by atoms with Gasteiger partial charge in [-0.15, -0.1) is 0 Å². The molecule has 194 valence electrons. The van der Waals surface area contributed by atoms with Crippen molar-refractivity contribution in [3.05, 3.63) is 35.6 Å². The molecule has 2 aromatic rings. The molecule has 36 heavy (non-hydrogen) atoms. The molecule has 2 N–H and O–H groups in total. The summed E-state index contributed by atoms with van der Waals surface area (Å²) in [4.78, 5) is 20.7. The fourth-order valence-electron chi connectivity index (χ4n) is 4.97. The van der Waals surface area contributed by atoms with Gasteiger partial charge < -0.3 is 29.7 Å². The Bertz CT molecular complexity index is 1160. The normalized spacial score (nSPS) is 22.7. The van der Waals surface area contributed by atoms with Gasteiger partial charge in [0.15, 0.2) is 0 Å². The van der Waals surface area contributed by atoms with Crippen LogP contribution in [0.5, 0.6) is 5.88 Å². The summed E-state index contributed by atoms with van der Waals surface area (Å²) in [5.74, 6) is -2.38. The smallest absolute Gasteiger partial charge is 0.321 e. The van der Waals surface area contributed by atoms with Crippen molar-refractivity contribution in [2.75, 3.05) is 62.8 Å². The second-order valence-corrected chi connectivity index (χ2v) is 9.63. The standard InChI is InChI=1S/C25H29F3N4O4/c1-16-10-19(26)20(29-23(34)32-3-2-24(15-32)14-25(24,27)28)13-18(16)17-11-21(31-4-7-35-8-5-31)30-22(12-17)36-9-6-33/h10-13,33H,2-9,14-15H2,1H3,(H,29,34)/t24-/m1/s1. The average molecular weight is 507 g/mol. The van der Waals surface area contributed by atoms with Gasteiger partial charge in [-0.2, -0.15) is 4.98 Å². The van der Waals surface area contributed by atoms with E-state index in [1.54, 1.807) is 13.0 Å². The third-order valence-electron chi connectivity index (χ3n) is 7.18. The van der Waals surface area contributed by atoms with Crippen LogP contribution in [0.4, 0.5) is 29.5 Å². The number of aryl methyl sites for hydroxylation is 1. The third-order valence-corrected chi connectivity index (χ3v) is 7.18. The van der Waals surface area contributed by atoms with Crippen molar-refractivity contribution in [1.82, 2.24) is 9.88 Å². The number of hydrogen-bond donors (Lipinski definition) is 2. The molecule has 0 unspecified atom stereocenters. The molecule has 0 radical (unpaired) electrons. The van der Waals surface area contributed by atoms with E-state index in [2.05, 4.69) is 15.2 Å². The summed E-state index contributed by atoms with van der Waals surface area (Å²) < 4.78 is 53.3. The van der Waals surface area contributed by atoms with Gasteiger partial charge in [-0.1, -0.05) is 0 Å². The minimum atomic E-state index is -2.74. The number of urea groups is 1. The van der Waals surface area contributed by atoms with Gasteiger partial charge in [0.25, 0.3) is 5.92 Å². The summed E-state index contributed by atoms with van der Waals surface area (Å²) in [6, 6.07) is 5.83. The quantitative estimate of drug-likeness (QED) is 0.622. The van der Waals surface area contributed by atoms with Crippen LogP contribution in [0.1, 0.15) is 18.4 Å². The third kappa shape index (κ3) is 4.69. The van der Waals surface area contributed by atoms with Crippen molar-refractivity contribution in [2.24, 2.45) is 5.41 Å². The van der Waals surface area contributed by atoms with E-state index in [-0.39, 0.29) is 44.8 Å². The molecule has 1 aromatic carbocycles. The molecule has 11 heteroatoms. The lowest BCUT2D eigenvalue weighted by Crippen LogP contribution is -2.36. The summed E-state index contributed by atoms with van der Waals surface area (Å²) in [6.07, 6.45) is 0.0357. The number of carbonyl (C=O) groups excluding carboxylic acids is 1. The van der Waals surface area contributed by atoms with E-state index in [4.69, 9.17) is 9.47 Å². The lowest BCUT2D eigenvalue weighted by Gasteiger charge is -2.28. The largest absolute Gasteiger partial charge is 0.475 e. The van der Waals surface area contributed by atoms with Gasteiger partial charge in [-0.3, -0.25) is 0 Å². The molecule has 1 atom stereocenters. The maximum absolute atomic E-state index is 14.9. The molecular formula is C25H29F3N4O4. The Morgan fingerprint density at radius 1 is 1.22 bits per heavy atom.